The maximum absolute atomic E-state index is 11.3. The van der Waals surface area contributed by atoms with Crippen LogP contribution in [-0.4, -0.2) is 17.1 Å². The van der Waals surface area contributed by atoms with Gasteiger partial charge in [-0.25, -0.2) is 9.79 Å². The van der Waals surface area contributed by atoms with E-state index in [0.29, 0.717) is 5.92 Å². The minimum absolute atomic E-state index is 0.182. The Bertz CT molecular complexity index is 346. The summed E-state index contributed by atoms with van der Waals surface area (Å²) in [7, 11) is 0. The van der Waals surface area contributed by atoms with Gasteiger partial charge in [-0.15, -0.1) is 11.8 Å². The smallest absolute Gasteiger partial charge is 0.323 e. The van der Waals surface area contributed by atoms with Crippen molar-refractivity contribution in [2.45, 2.75) is 32.6 Å². The number of carbonyl (C=O) groups excluding carboxylic acids is 1. The Kier molecular flexibility index (Phi) is 2.39. The van der Waals surface area contributed by atoms with Crippen molar-refractivity contribution in [2.24, 2.45) is 10.9 Å². The summed E-state index contributed by atoms with van der Waals surface area (Å²) >= 11 is 1.75. The van der Waals surface area contributed by atoms with Crippen LogP contribution in [-0.2, 0) is 0 Å². The maximum Gasteiger partial charge on any atom is 0.341 e. The van der Waals surface area contributed by atoms with E-state index in [0.717, 1.165) is 12.1 Å². The average molecular weight is 210 g/mol. The van der Waals surface area contributed by atoms with E-state index in [1.807, 2.05) is 0 Å². The summed E-state index contributed by atoms with van der Waals surface area (Å²) < 4.78 is 0. The molecule has 14 heavy (non-hydrogen) atoms. The summed E-state index contributed by atoms with van der Waals surface area (Å²) in [6.07, 6.45) is 0.861. The molecule has 3 nitrogen and oxygen atoms in total. The van der Waals surface area contributed by atoms with Gasteiger partial charge < -0.3 is 5.32 Å². The fourth-order valence-corrected chi connectivity index (χ4v) is 3.34. The zero-order valence-electron chi connectivity index (χ0n) is 8.63. The molecule has 2 aliphatic heterocycles. The first-order chi connectivity index (χ1) is 6.63. The predicted octanol–water partition coefficient (Wildman–Crippen LogP) is 2.54. The van der Waals surface area contributed by atoms with Crippen LogP contribution in [0, 0.1) is 5.92 Å². The Hall–Kier alpha value is -0.770. The fraction of sp³-hybridized carbons (Fsp3) is 0.600. The molecule has 0 spiro atoms. The second-order valence-corrected chi connectivity index (χ2v) is 5.02. The van der Waals surface area contributed by atoms with Crippen molar-refractivity contribution in [1.82, 2.24) is 5.32 Å². The molecule has 0 aromatic carbocycles. The normalized spacial score (nSPS) is 31.4. The summed E-state index contributed by atoms with van der Waals surface area (Å²) in [5.41, 5.74) is 2.39. The Morgan fingerprint density at radius 3 is 2.86 bits per heavy atom. The third kappa shape index (κ3) is 1.38. The molecule has 0 radical (unpaired) electrons. The molecule has 2 unspecified atom stereocenters. The number of amides is 2. The maximum atomic E-state index is 11.3. The van der Waals surface area contributed by atoms with E-state index in [1.165, 1.54) is 10.5 Å². The number of hydrogen-bond acceptors (Lipinski definition) is 2. The summed E-state index contributed by atoms with van der Waals surface area (Å²) in [5.74, 6) is 0.336. The van der Waals surface area contributed by atoms with Gasteiger partial charge in [0.15, 0.2) is 0 Å². The fourth-order valence-electron chi connectivity index (χ4n) is 1.99. The van der Waals surface area contributed by atoms with Gasteiger partial charge in [0.05, 0.1) is 5.37 Å². The van der Waals surface area contributed by atoms with Crippen LogP contribution >= 0.6 is 11.8 Å². The highest BCUT2D eigenvalue weighted by molar-refractivity contribution is 8.04. The van der Waals surface area contributed by atoms with Gasteiger partial charge in [0.1, 0.15) is 0 Å². The number of nitrogens with one attached hydrogen (secondary N) is 1. The van der Waals surface area contributed by atoms with Crippen molar-refractivity contribution < 1.29 is 4.79 Å². The number of carbonyl (C=O) groups is 1. The first-order valence-electron chi connectivity index (χ1n) is 4.85. The monoisotopic (exact) mass is 210 g/mol. The van der Waals surface area contributed by atoms with Crippen molar-refractivity contribution >= 4 is 23.5 Å². The molecule has 0 fully saturated rings. The van der Waals surface area contributed by atoms with Crippen LogP contribution in [0.3, 0.4) is 0 Å². The minimum Gasteiger partial charge on any atom is -0.323 e. The Morgan fingerprint density at radius 2 is 2.21 bits per heavy atom. The van der Waals surface area contributed by atoms with Gasteiger partial charge in [-0.3, -0.25) is 0 Å². The second-order valence-electron chi connectivity index (χ2n) is 3.66. The van der Waals surface area contributed by atoms with Gasteiger partial charge in [0, 0.05) is 11.6 Å². The lowest BCUT2D eigenvalue weighted by Crippen LogP contribution is -2.43. The van der Waals surface area contributed by atoms with Crippen LogP contribution < -0.4 is 5.32 Å². The Labute approximate surface area is 88.1 Å². The first-order valence-corrected chi connectivity index (χ1v) is 5.73. The molecule has 0 bridgehead atoms. The quantitative estimate of drug-likeness (QED) is 0.722. The molecular weight excluding hydrogens is 196 g/mol. The van der Waals surface area contributed by atoms with Gasteiger partial charge >= 0.3 is 6.03 Å². The van der Waals surface area contributed by atoms with E-state index < -0.39 is 0 Å². The van der Waals surface area contributed by atoms with Crippen molar-refractivity contribution in [3.05, 3.63) is 10.5 Å². The van der Waals surface area contributed by atoms with Crippen LogP contribution in [0.15, 0.2) is 15.5 Å². The zero-order valence-corrected chi connectivity index (χ0v) is 9.44. The zero-order chi connectivity index (χ0) is 10.3. The third-order valence-corrected chi connectivity index (χ3v) is 4.18. The topological polar surface area (TPSA) is 41.5 Å². The van der Waals surface area contributed by atoms with Gasteiger partial charge in [-0.1, -0.05) is 12.5 Å². The van der Waals surface area contributed by atoms with Crippen LogP contribution in [0.1, 0.15) is 27.2 Å². The Morgan fingerprint density at radius 1 is 1.50 bits per heavy atom. The molecule has 0 aliphatic carbocycles. The number of fused-ring (bicyclic) bond motifs is 1. The van der Waals surface area contributed by atoms with Gasteiger partial charge in [0.2, 0.25) is 0 Å². The van der Waals surface area contributed by atoms with E-state index in [9.17, 15) is 4.79 Å². The second kappa shape index (κ2) is 3.42. The number of thioether (sulfide) groups is 1. The van der Waals surface area contributed by atoms with E-state index in [-0.39, 0.29) is 11.4 Å². The SMILES string of the molecule is CCC1=NC(=O)NC2SC(C)=C(C)C12. The third-order valence-electron chi connectivity index (χ3n) is 2.86. The highest BCUT2D eigenvalue weighted by Crippen LogP contribution is 2.42. The van der Waals surface area contributed by atoms with Crippen LogP contribution in [0.4, 0.5) is 4.79 Å². The largest absolute Gasteiger partial charge is 0.341 e. The lowest BCUT2D eigenvalue weighted by molar-refractivity contribution is 0.246. The number of urea groups is 1. The minimum atomic E-state index is -0.182. The molecule has 2 aliphatic rings. The molecule has 2 rings (SSSR count). The number of nitrogens with zero attached hydrogens (tertiary/aromatic N) is 1. The van der Waals surface area contributed by atoms with Gasteiger partial charge in [-0.05, 0) is 25.2 Å². The Balaban J connectivity index is 2.36. The molecule has 76 valence electrons. The van der Waals surface area contributed by atoms with E-state index in [4.69, 9.17) is 0 Å². The highest BCUT2D eigenvalue weighted by Gasteiger charge is 2.38. The molecule has 0 saturated heterocycles. The number of hydrogen-bond donors (Lipinski definition) is 1. The molecule has 0 aromatic heterocycles. The number of aliphatic imine (C=N–C) groups is 1. The molecule has 0 aromatic rings. The summed E-state index contributed by atoms with van der Waals surface area (Å²) in [6.45, 7) is 6.30. The molecule has 4 heteroatoms. The van der Waals surface area contributed by atoms with Crippen molar-refractivity contribution in [3.63, 3.8) is 0 Å². The molecule has 0 saturated carbocycles. The summed E-state index contributed by atoms with van der Waals surface area (Å²) in [6, 6.07) is -0.182. The van der Waals surface area contributed by atoms with Crippen molar-refractivity contribution in [3.8, 4) is 0 Å². The van der Waals surface area contributed by atoms with Crippen molar-refractivity contribution in [1.29, 1.82) is 0 Å². The molecule has 2 amide bonds. The highest BCUT2D eigenvalue weighted by atomic mass is 32.2. The number of allylic oxidation sites excluding steroid dienone is 1. The van der Waals surface area contributed by atoms with Gasteiger partial charge in [0.25, 0.3) is 0 Å². The lowest BCUT2D eigenvalue weighted by Gasteiger charge is -2.26. The van der Waals surface area contributed by atoms with Crippen molar-refractivity contribution in [2.75, 3.05) is 0 Å². The molecule has 2 atom stereocenters. The predicted molar refractivity (Wildman–Crippen MR) is 59.5 cm³/mol. The van der Waals surface area contributed by atoms with Crippen LogP contribution in [0.2, 0.25) is 0 Å². The molecule has 2 heterocycles. The number of rotatable bonds is 1. The summed E-state index contributed by atoms with van der Waals surface area (Å²) in [5, 5.41) is 3.09. The summed E-state index contributed by atoms with van der Waals surface area (Å²) in [4.78, 5) is 16.6. The van der Waals surface area contributed by atoms with Crippen LogP contribution in [0.25, 0.3) is 0 Å². The standard InChI is InChI=1S/C10H14N2OS/c1-4-7-8-5(2)6(3)14-9(8)12-10(13)11-7/h8-9H,4H2,1-3H3,(H,12,13). The van der Waals surface area contributed by atoms with Gasteiger partial charge in [-0.2, -0.15) is 0 Å². The molecular formula is C10H14N2OS. The average Bonchev–Trinajstić information content (AvgIpc) is 2.41. The van der Waals surface area contributed by atoms with E-state index >= 15 is 0 Å². The lowest BCUT2D eigenvalue weighted by atomic mass is 9.92. The van der Waals surface area contributed by atoms with E-state index in [2.05, 4.69) is 31.1 Å². The van der Waals surface area contributed by atoms with E-state index in [1.54, 1.807) is 11.8 Å². The molecule has 1 N–H and O–H groups in total. The first kappa shape index (κ1) is 9.77. The van der Waals surface area contributed by atoms with Crippen LogP contribution in [0.5, 0.6) is 0 Å².